The quantitative estimate of drug-likeness (QED) is 0.220. The fourth-order valence-corrected chi connectivity index (χ4v) is 2.66. The SMILES string of the molecule is C#CC(=C=C=C(C)/C(=C/C=C\C)C(=C)Sc1ccccc1)C(C)=O. The first-order valence-corrected chi connectivity index (χ1v) is 8.26. The zero-order chi connectivity index (χ0) is 17.9. The van der Waals surface area contributed by atoms with Crippen molar-refractivity contribution in [1.29, 1.82) is 0 Å². The highest BCUT2D eigenvalue weighted by atomic mass is 32.2. The van der Waals surface area contributed by atoms with E-state index in [-0.39, 0.29) is 11.4 Å². The van der Waals surface area contributed by atoms with Gasteiger partial charge in [-0.2, -0.15) is 0 Å². The monoisotopic (exact) mass is 332 g/mol. The van der Waals surface area contributed by atoms with Crippen molar-refractivity contribution in [2.75, 3.05) is 0 Å². The first-order valence-electron chi connectivity index (χ1n) is 7.45. The topological polar surface area (TPSA) is 17.1 Å². The molecule has 0 saturated heterocycles. The number of ketones is 1. The Morgan fingerprint density at radius 1 is 1.21 bits per heavy atom. The van der Waals surface area contributed by atoms with E-state index in [4.69, 9.17) is 6.42 Å². The summed E-state index contributed by atoms with van der Waals surface area (Å²) in [6.45, 7) is 9.42. The minimum Gasteiger partial charge on any atom is -0.293 e. The van der Waals surface area contributed by atoms with E-state index in [1.54, 1.807) is 11.8 Å². The highest BCUT2D eigenvalue weighted by Crippen LogP contribution is 2.33. The standard InChI is InChI=1S/C22H20OS/c1-6-8-14-22(17(3)15-16-20(7-2)18(4)23)19(5)24-21-12-10-9-11-13-21/h2,6,8-14H,5H2,1,3-4H3/b8-6-,20-17?,22-14-. The van der Waals surface area contributed by atoms with E-state index in [9.17, 15) is 4.79 Å². The summed E-state index contributed by atoms with van der Waals surface area (Å²) in [7, 11) is 0. The molecule has 0 aliphatic carbocycles. The molecule has 24 heavy (non-hydrogen) atoms. The van der Waals surface area contributed by atoms with Gasteiger partial charge in [0.15, 0.2) is 5.78 Å². The van der Waals surface area contributed by atoms with Gasteiger partial charge < -0.3 is 0 Å². The summed E-state index contributed by atoms with van der Waals surface area (Å²) in [6.07, 6.45) is 11.2. The van der Waals surface area contributed by atoms with Crippen LogP contribution in [0.1, 0.15) is 20.8 Å². The molecule has 0 unspecified atom stereocenters. The molecule has 0 fully saturated rings. The Balaban J connectivity index is 3.28. The van der Waals surface area contributed by atoms with Crippen LogP contribution in [0.4, 0.5) is 0 Å². The average Bonchev–Trinajstić information content (AvgIpc) is 2.56. The summed E-state index contributed by atoms with van der Waals surface area (Å²) in [6, 6.07) is 10.0. The largest absolute Gasteiger partial charge is 0.293 e. The predicted molar refractivity (Wildman–Crippen MR) is 104 cm³/mol. The van der Waals surface area contributed by atoms with Crippen LogP contribution in [-0.2, 0) is 4.79 Å². The second kappa shape index (κ2) is 10.2. The van der Waals surface area contributed by atoms with E-state index < -0.39 is 0 Å². The van der Waals surface area contributed by atoms with Crippen LogP contribution in [0, 0.1) is 12.3 Å². The van der Waals surface area contributed by atoms with Gasteiger partial charge in [0.1, 0.15) is 5.57 Å². The summed E-state index contributed by atoms with van der Waals surface area (Å²) < 4.78 is 0. The van der Waals surface area contributed by atoms with E-state index in [1.165, 1.54) is 6.92 Å². The lowest BCUT2D eigenvalue weighted by Gasteiger charge is -2.09. The Labute approximate surface area is 148 Å². The minimum absolute atomic E-state index is 0.182. The van der Waals surface area contributed by atoms with Crippen LogP contribution >= 0.6 is 11.8 Å². The van der Waals surface area contributed by atoms with Crippen LogP contribution in [0.15, 0.2) is 93.1 Å². The molecule has 0 aromatic heterocycles. The van der Waals surface area contributed by atoms with Gasteiger partial charge >= 0.3 is 0 Å². The van der Waals surface area contributed by atoms with Gasteiger partial charge in [-0.25, -0.2) is 0 Å². The molecule has 1 nitrogen and oxygen atoms in total. The van der Waals surface area contributed by atoms with Gasteiger partial charge in [0.2, 0.25) is 0 Å². The third kappa shape index (κ3) is 6.21. The van der Waals surface area contributed by atoms with Gasteiger partial charge in [0.25, 0.3) is 0 Å². The first-order chi connectivity index (χ1) is 11.5. The molecule has 0 radical (unpaired) electrons. The third-order valence-electron chi connectivity index (χ3n) is 3.02. The Morgan fingerprint density at radius 3 is 2.42 bits per heavy atom. The molecule has 0 aliphatic rings. The molecule has 0 heterocycles. The van der Waals surface area contributed by atoms with E-state index in [1.807, 2.05) is 62.4 Å². The second-order valence-corrected chi connectivity index (χ2v) is 6.06. The van der Waals surface area contributed by atoms with E-state index in [2.05, 4.69) is 24.0 Å². The normalized spacial score (nSPS) is 10.5. The van der Waals surface area contributed by atoms with Crippen LogP contribution in [0.25, 0.3) is 0 Å². The van der Waals surface area contributed by atoms with Crippen molar-refractivity contribution < 1.29 is 4.79 Å². The van der Waals surface area contributed by atoms with Gasteiger partial charge in [-0.15, -0.1) is 6.42 Å². The Bertz CT molecular complexity index is 816. The Kier molecular flexibility index (Phi) is 8.20. The lowest BCUT2D eigenvalue weighted by atomic mass is 10.1. The van der Waals surface area contributed by atoms with Gasteiger partial charge in [0.05, 0.1) is 0 Å². The van der Waals surface area contributed by atoms with E-state index in [0.717, 1.165) is 20.9 Å². The molecular weight excluding hydrogens is 312 g/mol. The van der Waals surface area contributed by atoms with Crippen molar-refractivity contribution in [3.05, 3.63) is 88.2 Å². The smallest absolute Gasteiger partial charge is 0.176 e. The molecule has 1 aromatic carbocycles. The maximum Gasteiger partial charge on any atom is 0.176 e. The van der Waals surface area contributed by atoms with Crippen molar-refractivity contribution in [3.8, 4) is 12.3 Å². The third-order valence-corrected chi connectivity index (χ3v) is 3.99. The minimum atomic E-state index is -0.200. The molecule has 120 valence electrons. The lowest BCUT2D eigenvalue weighted by molar-refractivity contribution is -0.113. The van der Waals surface area contributed by atoms with E-state index in [0.29, 0.717) is 0 Å². The van der Waals surface area contributed by atoms with Crippen molar-refractivity contribution in [2.45, 2.75) is 25.7 Å². The molecule has 0 bridgehead atoms. The summed E-state index contributed by atoms with van der Waals surface area (Å²) in [4.78, 5) is 13.4. The van der Waals surface area contributed by atoms with Gasteiger partial charge in [-0.3, -0.25) is 4.79 Å². The molecular formula is C22H20OS. The summed E-state index contributed by atoms with van der Waals surface area (Å²) in [5.74, 6) is 2.13. The molecule has 0 spiro atoms. The Hall–Kier alpha value is -2.68. The van der Waals surface area contributed by atoms with Crippen LogP contribution in [0.5, 0.6) is 0 Å². The van der Waals surface area contributed by atoms with Crippen LogP contribution in [0.3, 0.4) is 0 Å². The van der Waals surface area contributed by atoms with Gasteiger partial charge in [0, 0.05) is 22.3 Å². The molecule has 0 saturated carbocycles. The predicted octanol–water partition coefficient (Wildman–Crippen LogP) is 5.64. The number of carbonyl (C=O) groups excluding carboxylic acids is 1. The van der Waals surface area contributed by atoms with Crippen molar-refractivity contribution in [3.63, 3.8) is 0 Å². The van der Waals surface area contributed by atoms with E-state index >= 15 is 0 Å². The zero-order valence-electron chi connectivity index (χ0n) is 14.2. The Morgan fingerprint density at radius 2 is 1.88 bits per heavy atom. The number of hydrogen-bond acceptors (Lipinski definition) is 2. The van der Waals surface area contributed by atoms with Crippen molar-refractivity contribution in [2.24, 2.45) is 0 Å². The second-order valence-electron chi connectivity index (χ2n) is 4.89. The number of allylic oxidation sites excluding steroid dienone is 6. The van der Waals surface area contributed by atoms with Gasteiger partial charge in [-0.1, -0.05) is 66.4 Å². The number of thioether (sulfide) groups is 1. The fourth-order valence-electron chi connectivity index (χ4n) is 1.75. The molecule has 0 aliphatic heterocycles. The number of hydrogen-bond donors (Lipinski definition) is 0. The molecule has 0 amide bonds. The summed E-state index contributed by atoms with van der Waals surface area (Å²) >= 11 is 1.58. The maximum atomic E-state index is 11.4. The lowest BCUT2D eigenvalue weighted by Crippen LogP contribution is -1.91. The average molecular weight is 332 g/mol. The van der Waals surface area contributed by atoms with Crippen LogP contribution in [0.2, 0.25) is 0 Å². The molecule has 0 atom stereocenters. The highest BCUT2D eigenvalue weighted by Gasteiger charge is 2.06. The number of Topliss-reactive ketones (excluding diaryl/α,β-unsaturated/α-hetero) is 1. The number of carbonyl (C=O) groups is 1. The zero-order valence-corrected chi connectivity index (χ0v) is 15.0. The number of terminal acetylenes is 1. The summed E-state index contributed by atoms with van der Waals surface area (Å²) in [5, 5.41) is 0. The number of rotatable bonds is 6. The number of benzene rings is 1. The maximum absolute atomic E-state index is 11.4. The molecule has 2 heteroatoms. The molecule has 0 N–H and O–H groups in total. The fraction of sp³-hybridized carbons (Fsp3) is 0.136. The van der Waals surface area contributed by atoms with Gasteiger partial charge in [-0.05, 0) is 37.3 Å². The van der Waals surface area contributed by atoms with Crippen molar-refractivity contribution >= 4 is 17.5 Å². The highest BCUT2D eigenvalue weighted by molar-refractivity contribution is 8.03. The van der Waals surface area contributed by atoms with Crippen LogP contribution < -0.4 is 0 Å². The van der Waals surface area contributed by atoms with Crippen LogP contribution in [-0.4, -0.2) is 5.78 Å². The van der Waals surface area contributed by atoms with Crippen molar-refractivity contribution in [1.82, 2.24) is 0 Å². The summed E-state index contributed by atoms with van der Waals surface area (Å²) in [5.41, 5.74) is 7.68. The molecule has 1 aromatic rings. The first kappa shape index (κ1) is 19.4. The molecule has 1 rings (SSSR count).